The lowest BCUT2D eigenvalue weighted by Gasteiger charge is -2.07. The minimum absolute atomic E-state index is 0.0542. The summed E-state index contributed by atoms with van der Waals surface area (Å²) in [5.41, 5.74) is 1.45. The van der Waals surface area contributed by atoms with Crippen LogP contribution in [0.5, 0.6) is 0 Å². The van der Waals surface area contributed by atoms with Crippen molar-refractivity contribution in [3.63, 3.8) is 0 Å². The van der Waals surface area contributed by atoms with Crippen molar-refractivity contribution in [1.82, 2.24) is 0 Å². The predicted molar refractivity (Wildman–Crippen MR) is 71.9 cm³/mol. The zero-order valence-electron chi connectivity index (χ0n) is 9.51. The van der Waals surface area contributed by atoms with Gasteiger partial charge in [-0.1, -0.05) is 35.3 Å². The van der Waals surface area contributed by atoms with Crippen LogP contribution in [0.2, 0.25) is 10.0 Å². The van der Waals surface area contributed by atoms with Gasteiger partial charge in [-0.05, 0) is 36.8 Å². The Labute approximate surface area is 114 Å². The molecule has 1 nitrogen and oxygen atoms in total. The smallest absolute Gasteiger partial charge is 0.162 e. The first-order valence-corrected chi connectivity index (χ1v) is 6.00. The zero-order chi connectivity index (χ0) is 13.3. The fourth-order valence-electron chi connectivity index (χ4n) is 1.69. The number of rotatable bonds is 2. The van der Waals surface area contributed by atoms with Crippen molar-refractivity contribution in [3.8, 4) is 11.1 Å². The second-order valence-electron chi connectivity index (χ2n) is 3.87. The third kappa shape index (κ3) is 2.55. The van der Waals surface area contributed by atoms with Crippen LogP contribution in [-0.2, 0) is 0 Å². The van der Waals surface area contributed by atoms with Crippen LogP contribution in [0.25, 0.3) is 11.1 Å². The summed E-state index contributed by atoms with van der Waals surface area (Å²) in [5, 5.41) is 0.987. The normalized spacial score (nSPS) is 10.4. The van der Waals surface area contributed by atoms with Crippen molar-refractivity contribution in [2.75, 3.05) is 0 Å². The van der Waals surface area contributed by atoms with Crippen molar-refractivity contribution >= 4 is 29.0 Å². The lowest BCUT2D eigenvalue weighted by molar-refractivity contribution is 0.101. The van der Waals surface area contributed by atoms with Crippen molar-refractivity contribution in [2.24, 2.45) is 0 Å². The van der Waals surface area contributed by atoms with Crippen LogP contribution in [0.4, 0.5) is 4.39 Å². The Kier molecular flexibility index (Phi) is 3.69. The number of benzene rings is 2. The zero-order valence-corrected chi connectivity index (χ0v) is 11.0. The fraction of sp³-hybridized carbons (Fsp3) is 0.0714. The van der Waals surface area contributed by atoms with Crippen LogP contribution >= 0.6 is 23.2 Å². The van der Waals surface area contributed by atoms with E-state index >= 15 is 0 Å². The molecule has 0 saturated heterocycles. The minimum atomic E-state index is -0.531. The summed E-state index contributed by atoms with van der Waals surface area (Å²) in [7, 11) is 0. The van der Waals surface area contributed by atoms with E-state index in [1.54, 1.807) is 24.3 Å². The average Bonchev–Trinajstić information content (AvgIpc) is 2.30. The first-order chi connectivity index (χ1) is 8.49. The molecule has 0 unspecified atom stereocenters. The molecule has 0 heterocycles. The van der Waals surface area contributed by atoms with Gasteiger partial charge in [0.2, 0.25) is 0 Å². The number of halogens is 3. The maximum absolute atomic E-state index is 13.4. The molecule has 0 aromatic heterocycles. The Morgan fingerprint density at radius 1 is 1.11 bits per heavy atom. The summed E-state index contributed by atoms with van der Waals surface area (Å²) >= 11 is 11.9. The highest BCUT2D eigenvalue weighted by Gasteiger charge is 2.11. The number of ketones is 1. The first kappa shape index (κ1) is 13.1. The van der Waals surface area contributed by atoms with Crippen LogP contribution in [0.3, 0.4) is 0 Å². The second-order valence-corrected chi connectivity index (χ2v) is 4.72. The molecule has 2 aromatic carbocycles. The Morgan fingerprint density at radius 3 is 2.44 bits per heavy atom. The summed E-state index contributed by atoms with van der Waals surface area (Å²) in [6.45, 7) is 1.33. The number of carbonyl (C=O) groups is 1. The molecular formula is C14H9Cl2FO. The molecule has 0 aliphatic heterocycles. The van der Waals surface area contributed by atoms with Gasteiger partial charge in [-0.3, -0.25) is 4.79 Å². The van der Waals surface area contributed by atoms with Gasteiger partial charge in [0.15, 0.2) is 5.78 Å². The largest absolute Gasteiger partial charge is 0.294 e. The van der Waals surface area contributed by atoms with E-state index in [0.717, 1.165) is 0 Å². The number of Topliss-reactive ketones (excluding diaryl/α,β-unsaturated/α-hetero) is 1. The van der Waals surface area contributed by atoms with E-state index in [1.807, 2.05) is 0 Å². The molecule has 0 atom stereocenters. The average molecular weight is 283 g/mol. The highest BCUT2D eigenvalue weighted by Crippen LogP contribution is 2.31. The van der Waals surface area contributed by atoms with Gasteiger partial charge in [0.1, 0.15) is 5.82 Å². The van der Waals surface area contributed by atoms with E-state index in [1.165, 1.54) is 19.1 Å². The molecule has 92 valence electrons. The Balaban J connectivity index is 2.58. The van der Waals surface area contributed by atoms with E-state index in [0.29, 0.717) is 21.2 Å². The van der Waals surface area contributed by atoms with E-state index in [9.17, 15) is 9.18 Å². The van der Waals surface area contributed by atoms with Crippen molar-refractivity contribution in [1.29, 1.82) is 0 Å². The van der Waals surface area contributed by atoms with Crippen LogP contribution in [0.1, 0.15) is 17.3 Å². The summed E-state index contributed by atoms with van der Waals surface area (Å²) in [6, 6.07) is 9.37. The van der Waals surface area contributed by atoms with Gasteiger partial charge < -0.3 is 0 Å². The number of carbonyl (C=O) groups excluding carboxylic acids is 1. The summed E-state index contributed by atoms with van der Waals surface area (Å²) in [6.07, 6.45) is 0. The van der Waals surface area contributed by atoms with Crippen molar-refractivity contribution in [2.45, 2.75) is 6.92 Å². The van der Waals surface area contributed by atoms with Gasteiger partial charge in [0.25, 0.3) is 0 Å². The monoisotopic (exact) mass is 282 g/mol. The molecule has 2 rings (SSSR count). The SMILES string of the molecule is CC(=O)c1cc(-c2ccc(Cl)cc2Cl)ccc1F. The lowest BCUT2D eigenvalue weighted by Crippen LogP contribution is -1.97. The molecular weight excluding hydrogens is 274 g/mol. The van der Waals surface area contributed by atoms with Crippen LogP contribution in [0, 0.1) is 5.82 Å². The highest BCUT2D eigenvalue weighted by atomic mass is 35.5. The molecule has 0 N–H and O–H groups in total. The van der Waals surface area contributed by atoms with Crippen LogP contribution in [0.15, 0.2) is 36.4 Å². The second kappa shape index (κ2) is 5.09. The van der Waals surface area contributed by atoms with E-state index in [2.05, 4.69) is 0 Å². The van der Waals surface area contributed by atoms with Gasteiger partial charge in [0, 0.05) is 15.6 Å². The molecule has 0 fully saturated rings. The molecule has 18 heavy (non-hydrogen) atoms. The Hall–Kier alpha value is -1.38. The van der Waals surface area contributed by atoms with Gasteiger partial charge in [-0.25, -0.2) is 4.39 Å². The van der Waals surface area contributed by atoms with E-state index < -0.39 is 5.82 Å². The lowest BCUT2D eigenvalue weighted by atomic mass is 10.0. The molecule has 0 bridgehead atoms. The Bertz CT molecular complexity index is 623. The van der Waals surface area contributed by atoms with E-state index in [4.69, 9.17) is 23.2 Å². The fourth-order valence-corrected chi connectivity index (χ4v) is 2.20. The van der Waals surface area contributed by atoms with Crippen LogP contribution in [-0.4, -0.2) is 5.78 Å². The number of hydrogen-bond donors (Lipinski definition) is 0. The van der Waals surface area contributed by atoms with Crippen molar-refractivity contribution < 1.29 is 9.18 Å². The standard InChI is InChI=1S/C14H9Cl2FO/c1-8(18)12-6-9(2-5-14(12)17)11-4-3-10(15)7-13(11)16/h2-7H,1H3. The minimum Gasteiger partial charge on any atom is -0.294 e. The van der Waals surface area contributed by atoms with Crippen molar-refractivity contribution in [3.05, 3.63) is 57.8 Å². The Morgan fingerprint density at radius 2 is 1.83 bits per heavy atom. The summed E-state index contributed by atoms with van der Waals surface area (Å²) < 4.78 is 13.4. The van der Waals surface area contributed by atoms with Crippen LogP contribution < -0.4 is 0 Å². The molecule has 0 spiro atoms. The van der Waals surface area contributed by atoms with Gasteiger partial charge >= 0.3 is 0 Å². The molecule has 4 heteroatoms. The maximum atomic E-state index is 13.4. The molecule has 0 radical (unpaired) electrons. The van der Waals surface area contributed by atoms with Gasteiger partial charge in [0.05, 0.1) is 5.56 Å². The molecule has 0 aliphatic carbocycles. The van der Waals surface area contributed by atoms with Gasteiger partial charge in [-0.15, -0.1) is 0 Å². The molecule has 2 aromatic rings. The molecule has 0 amide bonds. The van der Waals surface area contributed by atoms with E-state index in [-0.39, 0.29) is 11.3 Å². The summed E-state index contributed by atoms with van der Waals surface area (Å²) in [4.78, 5) is 11.3. The van der Waals surface area contributed by atoms with Gasteiger partial charge in [-0.2, -0.15) is 0 Å². The molecule has 0 aliphatic rings. The predicted octanol–water partition coefficient (Wildman–Crippen LogP) is 5.00. The third-order valence-electron chi connectivity index (χ3n) is 2.59. The number of hydrogen-bond acceptors (Lipinski definition) is 1. The summed E-state index contributed by atoms with van der Waals surface area (Å²) in [5.74, 6) is -0.851. The maximum Gasteiger partial charge on any atom is 0.162 e. The third-order valence-corrected chi connectivity index (χ3v) is 3.14. The first-order valence-electron chi connectivity index (χ1n) is 5.25. The quantitative estimate of drug-likeness (QED) is 0.709. The highest BCUT2D eigenvalue weighted by molar-refractivity contribution is 6.36. The molecule has 0 saturated carbocycles. The topological polar surface area (TPSA) is 17.1 Å².